The van der Waals surface area contributed by atoms with E-state index >= 15 is 0 Å². The van der Waals surface area contributed by atoms with Crippen molar-refractivity contribution in [2.75, 3.05) is 37.2 Å². The summed E-state index contributed by atoms with van der Waals surface area (Å²) in [5, 5.41) is 5.18. The monoisotopic (exact) mass is 585 g/mol. The van der Waals surface area contributed by atoms with Crippen LogP contribution in [0.15, 0.2) is 91.0 Å². The first kappa shape index (κ1) is 28.4. The molecule has 0 aromatic heterocycles. The number of nitrogens with one attached hydrogen (secondary N) is 1. The summed E-state index contributed by atoms with van der Waals surface area (Å²) in [4.78, 5) is 16.0. The van der Waals surface area contributed by atoms with Gasteiger partial charge in [-0.05, 0) is 40.1 Å². The minimum Gasteiger partial charge on any atom is -0.493 e. The van der Waals surface area contributed by atoms with Gasteiger partial charge in [-0.2, -0.15) is 0 Å². The van der Waals surface area contributed by atoms with E-state index in [9.17, 15) is 13.6 Å². The topological polar surface area (TPSA) is 91.3 Å². The van der Waals surface area contributed by atoms with Crippen LogP contribution < -0.4 is 14.4 Å². The van der Waals surface area contributed by atoms with Gasteiger partial charge >= 0.3 is 0 Å². The molecule has 0 bridgehead atoms. The van der Waals surface area contributed by atoms with Gasteiger partial charge in [0.25, 0.3) is 11.3 Å². The quantitative estimate of drug-likeness (QED) is 0.256. The van der Waals surface area contributed by atoms with E-state index in [1.807, 2.05) is 78.9 Å². The van der Waals surface area contributed by atoms with Crippen molar-refractivity contribution in [1.29, 1.82) is 0 Å². The van der Waals surface area contributed by atoms with Crippen LogP contribution in [-0.2, 0) is 27.3 Å². The molecule has 2 heterocycles. The zero-order valence-corrected chi connectivity index (χ0v) is 24.2. The lowest BCUT2D eigenvalue weighted by Gasteiger charge is -2.32. The van der Waals surface area contributed by atoms with Crippen LogP contribution in [0.4, 0.5) is 5.69 Å². The molecule has 4 aromatic carbocycles. The molecule has 3 unspecified atom stereocenters. The van der Waals surface area contributed by atoms with Gasteiger partial charge in [-0.3, -0.25) is 18.6 Å². The first-order valence-corrected chi connectivity index (χ1v) is 15.4. The van der Waals surface area contributed by atoms with Gasteiger partial charge in [0.15, 0.2) is 0 Å². The summed E-state index contributed by atoms with van der Waals surface area (Å²) in [6, 6.07) is 28.3. The molecule has 6 rings (SSSR count). The second kappa shape index (κ2) is 13.0. The van der Waals surface area contributed by atoms with E-state index < -0.39 is 17.3 Å². The molecule has 218 valence electrons. The van der Waals surface area contributed by atoms with E-state index in [2.05, 4.69) is 22.3 Å². The summed E-state index contributed by atoms with van der Waals surface area (Å²) in [7, 11) is 0. The van der Waals surface area contributed by atoms with Crippen molar-refractivity contribution in [2.24, 2.45) is 0 Å². The first-order chi connectivity index (χ1) is 20.5. The second-order valence-electron chi connectivity index (χ2n) is 10.7. The molecule has 1 amide bonds. The highest BCUT2D eigenvalue weighted by molar-refractivity contribution is 7.80. The lowest BCUT2D eigenvalue weighted by atomic mass is 9.97. The summed E-state index contributed by atoms with van der Waals surface area (Å²) in [5.74, 6) is 0.599. The van der Waals surface area contributed by atoms with Crippen molar-refractivity contribution in [1.82, 2.24) is 10.2 Å². The SMILES string of the molecule is O=C(CC(c1ccccc1)N(c1ccc2ccccc2c1)S(=O)O)NC1CCOc2cc(CN3CCOCC3)ccc21. The van der Waals surface area contributed by atoms with Gasteiger partial charge in [0.05, 0.1) is 44.0 Å². The molecule has 2 aliphatic heterocycles. The second-order valence-corrected chi connectivity index (χ2v) is 11.6. The van der Waals surface area contributed by atoms with E-state index in [-0.39, 0.29) is 18.4 Å². The van der Waals surface area contributed by atoms with E-state index in [0.717, 1.165) is 60.5 Å². The molecule has 1 saturated heterocycles. The Labute approximate surface area is 248 Å². The Morgan fingerprint density at radius 2 is 1.71 bits per heavy atom. The Bertz CT molecular complexity index is 1560. The van der Waals surface area contributed by atoms with E-state index in [1.165, 1.54) is 9.87 Å². The minimum atomic E-state index is -2.37. The third-order valence-corrected chi connectivity index (χ3v) is 8.77. The van der Waals surface area contributed by atoms with Crippen molar-refractivity contribution >= 4 is 33.6 Å². The molecule has 1 fully saturated rings. The van der Waals surface area contributed by atoms with Gasteiger partial charge < -0.3 is 14.8 Å². The predicted molar refractivity (Wildman–Crippen MR) is 165 cm³/mol. The molecule has 8 nitrogen and oxygen atoms in total. The zero-order chi connectivity index (χ0) is 28.9. The number of hydrogen-bond acceptors (Lipinski definition) is 5. The number of carbonyl (C=O) groups excluding carboxylic acids is 1. The first-order valence-electron chi connectivity index (χ1n) is 14.3. The number of rotatable bonds is 9. The normalized spacial score (nSPS) is 18.5. The molecule has 0 saturated carbocycles. The maximum absolute atomic E-state index is 13.6. The van der Waals surface area contributed by atoms with Crippen LogP contribution >= 0.6 is 0 Å². The Kier molecular flexibility index (Phi) is 8.81. The fraction of sp³-hybridized carbons (Fsp3) is 0.303. The van der Waals surface area contributed by atoms with Crippen LogP contribution in [0.25, 0.3) is 10.8 Å². The van der Waals surface area contributed by atoms with Gasteiger partial charge in [-0.15, -0.1) is 0 Å². The average molecular weight is 586 g/mol. The van der Waals surface area contributed by atoms with Crippen LogP contribution in [0.1, 0.15) is 41.6 Å². The standard InChI is InChI=1S/C33H35N3O5S/c37-33(34-30-14-17-41-32-20-24(10-13-29(30)32)23-35-15-18-40-19-16-35)22-31(26-7-2-1-3-8-26)36(42(38)39)28-12-11-25-6-4-5-9-27(25)21-28/h1-13,20-21,30-31H,14-19,22-23H2,(H,34,37)(H,38,39). The van der Waals surface area contributed by atoms with E-state index in [0.29, 0.717) is 18.7 Å². The molecule has 0 aliphatic carbocycles. The number of nitrogens with zero attached hydrogens (tertiary/aromatic N) is 2. The Morgan fingerprint density at radius 3 is 2.50 bits per heavy atom. The van der Waals surface area contributed by atoms with E-state index in [4.69, 9.17) is 9.47 Å². The maximum Gasteiger partial charge on any atom is 0.262 e. The average Bonchev–Trinajstić information content (AvgIpc) is 3.01. The molecule has 2 N–H and O–H groups in total. The number of morpholine rings is 1. The summed E-state index contributed by atoms with van der Waals surface area (Å²) in [6.07, 6.45) is 0.656. The third kappa shape index (κ3) is 6.50. The Balaban J connectivity index is 1.22. The number of hydrogen-bond donors (Lipinski definition) is 2. The summed E-state index contributed by atoms with van der Waals surface area (Å²) in [5.41, 5.74) is 3.47. The van der Waals surface area contributed by atoms with Gasteiger partial charge in [-0.1, -0.05) is 72.8 Å². The Hall–Kier alpha value is -3.76. The molecular formula is C33H35N3O5S. The molecule has 42 heavy (non-hydrogen) atoms. The number of anilines is 1. The van der Waals surface area contributed by atoms with Crippen molar-refractivity contribution < 1.29 is 23.0 Å². The maximum atomic E-state index is 13.6. The predicted octanol–water partition coefficient (Wildman–Crippen LogP) is 5.39. The van der Waals surface area contributed by atoms with Gasteiger partial charge in [0.2, 0.25) is 5.91 Å². The highest BCUT2D eigenvalue weighted by atomic mass is 32.2. The highest BCUT2D eigenvalue weighted by Crippen LogP contribution is 2.36. The Morgan fingerprint density at radius 1 is 0.952 bits per heavy atom. The van der Waals surface area contributed by atoms with Crippen molar-refractivity contribution in [3.63, 3.8) is 0 Å². The summed E-state index contributed by atoms with van der Waals surface area (Å²) >= 11 is -2.37. The fourth-order valence-corrected chi connectivity index (χ4v) is 6.54. The highest BCUT2D eigenvalue weighted by Gasteiger charge is 2.30. The van der Waals surface area contributed by atoms with Crippen molar-refractivity contribution in [2.45, 2.75) is 31.5 Å². The molecular weight excluding hydrogens is 550 g/mol. The number of amides is 1. The third-order valence-electron chi connectivity index (χ3n) is 7.96. The van der Waals surface area contributed by atoms with Crippen molar-refractivity contribution in [3.05, 3.63) is 108 Å². The fourth-order valence-electron chi connectivity index (χ4n) is 5.83. The van der Waals surface area contributed by atoms with Crippen LogP contribution in [0.5, 0.6) is 5.75 Å². The number of benzene rings is 4. The molecule has 0 spiro atoms. The lowest BCUT2D eigenvalue weighted by Crippen LogP contribution is -2.37. The molecule has 9 heteroatoms. The molecule has 0 radical (unpaired) electrons. The van der Waals surface area contributed by atoms with Crippen LogP contribution in [0, 0.1) is 0 Å². The number of carbonyl (C=O) groups is 1. The molecule has 2 aliphatic rings. The molecule has 3 atom stereocenters. The summed E-state index contributed by atoms with van der Waals surface area (Å²) in [6.45, 7) is 4.66. The summed E-state index contributed by atoms with van der Waals surface area (Å²) < 4.78 is 36.2. The van der Waals surface area contributed by atoms with Crippen molar-refractivity contribution in [3.8, 4) is 5.75 Å². The van der Waals surface area contributed by atoms with Gasteiger partial charge in [0, 0.05) is 31.6 Å². The lowest BCUT2D eigenvalue weighted by molar-refractivity contribution is -0.122. The van der Waals surface area contributed by atoms with Crippen LogP contribution in [0.3, 0.4) is 0 Å². The van der Waals surface area contributed by atoms with Crippen LogP contribution in [0.2, 0.25) is 0 Å². The minimum absolute atomic E-state index is 0.00491. The molecule has 4 aromatic rings. The largest absolute Gasteiger partial charge is 0.493 e. The van der Waals surface area contributed by atoms with Crippen LogP contribution in [-0.4, -0.2) is 52.5 Å². The zero-order valence-electron chi connectivity index (χ0n) is 23.4. The smallest absolute Gasteiger partial charge is 0.262 e. The number of ether oxygens (including phenoxy) is 2. The van der Waals surface area contributed by atoms with E-state index in [1.54, 1.807) is 0 Å². The van der Waals surface area contributed by atoms with Gasteiger partial charge in [0.1, 0.15) is 5.75 Å². The van der Waals surface area contributed by atoms with Gasteiger partial charge in [-0.25, -0.2) is 4.21 Å². The number of fused-ring (bicyclic) bond motifs is 2.